The van der Waals surface area contributed by atoms with Crippen molar-refractivity contribution in [2.75, 3.05) is 13.2 Å². The molecule has 1 aliphatic heterocycles. The molecule has 2 rings (SSSR count). The number of carboxylic acid groups (broad SMARTS) is 1. The molecule has 112 valence electrons. The van der Waals surface area contributed by atoms with Gasteiger partial charge in [0.1, 0.15) is 11.8 Å². The summed E-state index contributed by atoms with van der Waals surface area (Å²) in [6.07, 6.45) is 1.14. The summed E-state index contributed by atoms with van der Waals surface area (Å²) in [6, 6.07) is 5.30. The van der Waals surface area contributed by atoms with E-state index in [4.69, 9.17) is 15.6 Å². The molecule has 2 amide bonds. The Hall–Kier alpha value is -2.57. The summed E-state index contributed by atoms with van der Waals surface area (Å²) < 4.78 is 5.31. The number of ether oxygens (including phenoxy) is 1. The first-order chi connectivity index (χ1) is 9.99. The standard InChI is InChI=1S/C14H16N2O5/c15-13(18)9-3-5-10(6-4-9)21-8-12(17)16-7-1-2-11(16)14(19)20/h3-6,11H,1-2,7-8H2,(H2,15,18)(H,19,20). The third-order valence-electron chi connectivity index (χ3n) is 3.36. The quantitative estimate of drug-likeness (QED) is 0.807. The van der Waals surface area contributed by atoms with Gasteiger partial charge in [-0.2, -0.15) is 0 Å². The molecule has 0 aromatic heterocycles. The van der Waals surface area contributed by atoms with Crippen LogP contribution >= 0.6 is 0 Å². The van der Waals surface area contributed by atoms with Gasteiger partial charge in [0.05, 0.1) is 0 Å². The van der Waals surface area contributed by atoms with E-state index in [1.54, 1.807) is 0 Å². The fourth-order valence-electron chi connectivity index (χ4n) is 2.27. The summed E-state index contributed by atoms with van der Waals surface area (Å²) in [7, 11) is 0. The number of nitrogens with two attached hydrogens (primary N) is 1. The van der Waals surface area contributed by atoms with E-state index >= 15 is 0 Å². The minimum Gasteiger partial charge on any atom is -0.484 e. The van der Waals surface area contributed by atoms with E-state index in [1.807, 2.05) is 0 Å². The molecule has 0 bridgehead atoms. The van der Waals surface area contributed by atoms with Crippen LogP contribution in [0.4, 0.5) is 0 Å². The highest BCUT2D eigenvalue weighted by Gasteiger charge is 2.33. The number of carboxylic acids is 1. The van der Waals surface area contributed by atoms with Crippen molar-refractivity contribution in [3.8, 4) is 5.75 Å². The summed E-state index contributed by atoms with van der Waals surface area (Å²) in [5, 5.41) is 9.02. The Balaban J connectivity index is 1.91. The first kappa shape index (κ1) is 14.8. The van der Waals surface area contributed by atoms with Crippen molar-refractivity contribution >= 4 is 17.8 Å². The topological polar surface area (TPSA) is 110 Å². The van der Waals surface area contributed by atoms with Crippen molar-refractivity contribution in [1.29, 1.82) is 0 Å². The summed E-state index contributed by atoms with van der Waals surface area (Å²) in [4.78, 5) is 35.2. The summed E-state index contributed by atoms with van der Waals surface area (Å²) in [5.41, 5.74) is 5.46. The molecule has 1 unspecified atom stereocenters. The van der Waals surface area contributed by atoms with Crippen molar-refractivity contribution in [3.05, 3.63) is 29.8 Å². The van der Waals surface area contributed by atoms with E-state index in [0.717, 1.165) is 0 Å². The van der Waals surface area contributed by atoms with Crippen LogP contribution in [0.25, 0.3) is 0 Å². The molecule has 3 N–H and O–H groups in total. The number of carbonyl (C=O) groups is 3. The number of rotatable bonds is 5. The van der Waals surface area contributed by atoms with Crippen LogP contribution in [0.5, 0.6) is 5.75 Å². The second-order valence-electron chi connectivity index (χ2n) is 4.76. The first-order valence-corrected chi connectivity index (χ1v) is 6.54. The van der Waals surface area contributed by atoms with Crippen molar-refractivity contribution in [2.45, 2.75) is 18.9 Å². The molecule has 1 aromatic rings. The summed E-state index contributed by atoms with van der Waals surface area (Å²) >= 11 is 0. The largest absolute Gasteiger partial charge is 0.484 e. The van der Waals surface area contributed by atoms with Crippen LogP contribution < -0.4 is 10.5 Å². The minimum absolute atomic E-state index is 0.236. The van der Waals surface area contributed by atoms with Gasteiger partial charge in [-0.1, -0.05) is 0 Å². The van der Waals surface area contributed by atoms with E-state index in [9.17, 15) is 14.4 Å². The van der Waals surface area contributed by atoms with E-state index in [-0.39, 0.29) is 12.5 Å². The molecule has 0 spiro atoms. The number of hydrogen-bond donors (Lipinski definition) is 2. The van der Waals surface area contributed by atoms with Crippen LogP contribution in [-0.2, 0) is 9.59 Å². The predicted molar refractivity (Wildman–Crippen MR) is 72.8 cm³/mol. The van der Waals surface area contributed by atoms with Gasteiger partial charge in [0, 0.05) is 12.1 Å². The molecule has 21 heavy (non-hydrogen) atoms. The smallest absolute Gasteiger partial charge is 0.326 e. The first-order valence-electron chi connectivity index (χ1n) is 6.54. The van der Waals surface area contributed by atoms with Crippen LogP contribution in [-0.4, -0.2) is 47.0 Å². The molecule has 1 aromatic carbocycles. The summed E-state index contributed by atoms with van der Waals surface area (Å²) in [6.45, 7) is 0.194. The minimum atomic E-state index is -0.994. The molecular formula is C14H16N2O5. The Morgan fingerprint density at radius 3 is 2.52 bits per heavy atom. The maximum absolute atomic E-state index is 12.0. The van der Waals surface area contributed by atoms with Gasteiger partial charge in [0.25, 0.3) is 5.91 Å². The zero-order valence-electron chi connectivity index (χ0n) is 11.3. The van der Waals surface area contributed by atoms with Gasteiger partial charge in [-0.15, -0.1) is 0 Å². The number of carbonyl (C=O) groups excluding carboxylic acids is 2. The fourth-order valence-corrected chi connectivity index (χ4v) is 2.27. The Morgan fingerprint density at radius 2 is 1.95 bits per heavy atom. The van der Waals surface area contributed by atoms with E-state index < -0.39 is 17.9 Å². The van der Waals surface area contributed by atoms with Crippen LogP contribution in [0, 0.1) is 0 Å². The molecule has 1 atom stereocenters. The maximum atomic E-state index is 12.0. The number of amides is 2. The number of hydrogen-bond acceptors (Lipinski definition) is 4. The molecular weight excluding hydrogens is 276 g/mol. The van der Waals surface area contributed by atoms with E-state index in [1.165, 1.54) is 29.2 Å². The Morgan fingerprint density at radius 1 is 1.29 bits per heavy atom. The highest BCUT2D eigenvalue weighted by atomic mass is 16.5. The van der Waals surface area contributed by atoms with Gasteiger partial charge in [-0.3, -0.25) is 9.59 Å². The number of benzene rings is 1. The van der Waals surface area contributed by atoms with Gasteiger partial charge >= 0.3 is 5.97 Å². The lowest BCUT2D eigenvalue weighted by atomic mass is 10.2. The Bertz CT molecular complexity index is 555. The lowest BCUT2D eigenvalue weighted by Gasteiger charge is -2.21. The lowest BCUT2D eigenvalue weighted by Crippen LogP contribution is -2.42. The van der Waals surface area contributed by atoms with Crippen LogP contribution in [0.3, 0.4) is 0 Å². The van der Waals surface area contributed by atoms with Crippen LogP contribution in [0.15, 0.2) is 24.3 Å². The molecule has 0 saturated carbocycles. The van der Waals surface area contributed by atoms with Crippen molar-refractivity contribution in [1.82, 2.24) is 4.90 Å². The zero-order chi connectivity index (χ0) is 15.4. The zero-order valence-corrected chi connectivity index (χ0v) is 11.3. The molecule has 7 heteroatoms. The molecule has 1 fully saturated rings. The van der Waals surface area contributed by atoms with E-state index in [2.05, 4.69) is 0 Å². The number of nitrogens with zero attached hydrogens (tertiary/aromatic N) is 1. The molecule has 0 aliphatic carbocycles. The third-order valence-corrected chi connectivity index (χ3v) is 3.36. The van der Waals surface area contributed by atoms with Crippen molar-refractivity contribution in [3.63, 3.8) is 0 Å². The van der Waals surface area contributed by atoms with E-state index in [0.29, 0.717) is 30.7 Å². The van der Waals surface area contributed by atoms with Crippen molar-refractivity contribution in [2.24, 2.45) is 5.73 Å². The van der Waals surface area contributed by atoms with Crippen LogP contribution in [0.1, 0.15) is 23.2 Å². The maximum Gasteiger partial charge on any atom is 0.326 e. The molecule has 0 radical (unpaired) electrons. The number of likely N-dealkylation sites (tertiary alicyclic amines) is 1. The highest BCUT2D eigenvalue weighted by Crippen LogP contribution is 2.18. The van der Waals surface area contributed by atoms with Crippen LogP contribution in [0.2, 0.25) is 0 Å². The predicted octanol–water partition coefficient (Wildman–Crippen LogP) is 0.240. The molecule has 1 saturated heterocycles. The average Bonchev–Trinajstić information content (AvgIpc) is 2.95. The molecule has 7 nitrogen and oxygen atoms in total. The molecule has 1 aliphatic rings. The van der Waals surface area contributed by atoms with Crippen molar-refractivity contribution < 1.29 is 24.2 Å². The normalized spacial score (nSPS) is 17.5. The fraction of sp³-hybridized carbons (Fsp3) is 0.357. The van der Waals surface area contributed by atoms with Gasteiger partial charge in [0.15, 0.2) is 6.61 Å². The lowest BCUT2D eigenvalue weighted by molar-refractivity contribution is -0.148. The van der Waals surface area contributed by atoms with Gasteiger partial charge in [0.2, 0.25) is 5.91 Å². The highest BCUT2D eigenvalue weighted by molar-refractivity contribution is 5.92. The van der Waals surface area contributed by atoms with Gasteiger partial charge in [-0.25, -0.2) is 4.79 Å². The monoisotopic (exact) mass is 292 g/mol. The Labute approximate surface area is 121 Å². The Kier molecular flexibility index (Phi) is 4.42. The van der Waals surface area contributed by atoms with Gasteiger partial charge < -0.3 is 20.5 Å². The van der Waals surface area contributed by atoms with Gasteiger partial charge in [-0.05, 0) is 37.1 Å². The second kappa shape index (κ2) is 6.25. The SMILES string of the molecule is NC(=O)c1ccc(OCC(=O)N2CCCC2C(=O)O)cc1. The second-order valence-corrected chi connectivity index (χ2v) is 4.76. The number of primary amides is 1. The average molecular weight is 292 g/mol. The summed E-state index contributed by atoms with van der Waals surface area (Å²) in [5.74, 6) is -1.48. The third kappa shape index (κ3) is 3.50. The molecule has 1 heterocycles. The number of aliphatic carboxylic acids is 1.